The van der Waals surface area contributed by atoms with Crippen LogP contribution in [0.5, 0.6) is 0 Å². The third kappa shape index (κ3) is 10.2. The van der Waals surface area contributed by atoms with Crippen molar-refractivity contribution in [3.05, 3.63) is 0 Å². The van der Waals surface area contributed by atoms with Crippen LogP contribution >= 0.6 is 0 Å². The van der Waals surface area contributed by atoms with Crippen molar-refractivity contribution in [1.29, 1.82) is 0 Å². The van der Waals surface area contributed by atoms with Crippen LogP contribution in [-0.4, -0.2) is 17.7 Å². The Morgan fingerprint density at radius 1 is 0.958 bits per heavy atom. The van der Waals surface area contributed by atoms with E-state index in [9.17, 15) is 18.0 Å². The minimum Gasteiger partial charge on any atom is -0.459 e. The molecular weight excluding hydrogens is 317 g/mol. The first-order chi connectivity index (χ1) is 10.4. The van der Waals surface area contributed by atoms with Crippen molar-refractivity contribution >= 4 is 5.97 Å². The lowest BCUT2D eigenvalue weighted by Crippen LogP contribution is -2.45. The SMILES string of the molecule is CCC(C)(C(=O)OC(C)(C)C)C(F)(F)F.CCC(C)CC(C)(C)C. The molecule has 0 heterocycles. The van der Waals surface area contributed by atoms with E-state index < -0.39 is 23.2 Å². The maximum absolute atomic E-state index is 12.6. The Kier molecular flexibility index (Phi) is 9.66. The monoisotopic (exact) mass is 354 g/mol. The average Bonchev–Trinajstić information content (AvgIpc) is 2.32. The lowest BCUT2D eigenvalue weighted by molar-refractivity contribution is -0.236. The fourth-order valence-corrected chi connectivity index (χ4v) is 2.04. The van der Waals surface area contributed by atoms with Gasteiger partial charge in [-0.3, -0.25) is 4.79 Å². The summed E-state index contributed by atoms with van der Waals surface area (Å²) in [6.45, 7) is 18.3. The molecule has 2 unspecified atom stereocenters. The van der Waals surface area contributed by atoms with Gasteiger partial charge in [0.2, 0.25) is 0 Å². The van der Waals surface area contributed by atoms with Gasteiger partial charge >= 0.3 is 12.1 Å². The Labute approximate surface area is 146 Å². The summed E-state index contributed by atoms with van der Waals surface area (Å²) in [4.78, 5) is 11.4. The molecule has 0 saturated heterocycles. The maximum atomic E-state index is 12.6. The molecule has 146 valence electrons. The Morgan fingerprint density at radius 3 is 1.54 bits per heavy atom. The van der Waals surface area contributed by atoms with Crippen LogP contribution in [0.25, 0.3) is 0 Å². The van der Waals surface area contributed by atoms with Gasteiger partial charge in [0, 0.05) is 0 Å². The van der Waals surface area contributed by atoms with E-state index in [-0.39, 0.29) is 6.42 Å². The van der Waals surface area contributed by atoms with Crippen LogP contribution in [0.1, 0.15) is 88.5 Å². The molecule has 0 bridgehead atoms. The largest absolute Gasteiger partial charge is 0.459 e. The Morgan fingerprint density at radius 2 is 1.38 bits per heavy atom. The van der Waals surface area contributed by atoms with E-state index in [4.69, 9.17) is 4.74 Å². The predicted molar refractivity (Wildman–Crippen MR) is 93.8 cm³/mol. The van der Waals surface area contributed by atoms with E-state index in [2.05, 4.69) is 34.6 Å². The average molecular weight is 354 g/mol. The van der Waals surface area contributed by atoms with Crippen LogP contribution in [0.15, 0.2) is 0 Å². The van der Waals surface area contributed by atoms with Gasteiger partial charge in [0.05, 0.1) is 0 Å². The van der Waals surface area contributed by atoms with Crippen molar-refractivity contribution in [3.63, 3.8) is 0 Å². The van der Waals surface area contributed by atoms with Gasteiger partial charge in [-0.1, -0.05) is 48.0 Å². The lowest BCUT2D eigenvalue weighted by Gasteiger charge is -2.32. The van der Waals surface area contributed by atoms with Crippen LogP contribution in [0.2, 0.25) is 0 Å². The molecule has 0 aromatic heterocycles. The minimum absolute atomic E-state index is 0.328. The van der Waals surface area contributed by atoms with E-state index in [0.29, 0.717) is 5.41 Å². The van der Waals surface area contributed by atoms with E-state index in [1.165, 1.54) is 40.5 Å². The molecule has 0 fully saturated rings. The first kappa shape index (κ1) is 25.5. The molecule has 0 saturated carbocycles. The summed E-state index contributed by atoms with van der Waals surface area (Å²) in [5.74, 6) is -0.324. The molecule has 0 rings (SSSR count). The van der Waals surface area contributed by atoms with Gasteiger partial charge in [0.15, 0.2) is 5.41 Å². The van der Waals surface area contributed by atoms with Gasteiger partial charge in [-0.25, -0.2) is 0 Å². The standard InChI is InChI=1S/C10H17F3O2.C9H20/c1-6-9(5,10(11,12)13)7(14)15-8(2,3)4;1-6-8(2)7-9(3,4)5/h6H2,1-5H3;8H,6-7H2,1-5H3. The Balaban J connectivity index is 0. The van der Waals surface area contributed by atoms with Gasteiger partial charge < -0.3 is 4.74 Å². The smallest absolute Gasteiger partial charge is 0.404 e. The van der Waals surface area contributed by atoms with Crippen LogP contribution in [0, 0.1) is 16.7 Å². The van der Waals surface area contributed by atoms with Crippen LogP contribution in [0.4, 0.5) is 13.2 Å². The summed E-state index contributed by atoms with van der Waals surface area (Å²) < 4.78 is 42.6. The Bertz CT molecular complexity index is 376. The first-order valence-corrected chi connectivity index (χ1v) is 8.69. The van der Waals surface area contributed by atoms with E-state index in [0.717, 1.165) is 12.8 Å². The van der Waals surface area contributed by atoms with Crippen LogP contribution in [0.3, 0.4) is 0 Å². The Hall–Kier alpha value is -0.740. The topological polar surface area (TPSA) is 26.3 Å². The second-order valence-electron chi connectivity index (χ2n) is 8.96. The van der Waals surface area contributed by atoms with Gasteiger partial charge in [-0.2, -0.15) is 13.2 Å². The number of hydrogen-bond acceptors (Lipinski definition) is 2. The normalized spacial score (nSPS) is 16.5. The third-order valence-electron chi connectivity index (χ3n) is 3.84. The number of esters is 1. The molecule has 0 aliphatic rings. The van der Waals surface area contributed by atoms with Crippen molar-refractivity contribution in [2.24, 2.45) is 16.7 Å². The molecule has 0 aromatic carbocycles. The molecule has 2 nitrogen and oxygen atoms in total. The zero-order valence-corrected chi connectivity index (χ0v) is 17.1. The second kappa shape index (κ2) is 9.10. The summed E-state index contributed by atoms with van der Waals surface area (Å²) in [6.07, 6.45) is -2.24. The van der Waals surface area contributed by atoms with Gasteiger partial charge in [0.1, 0.15) is 5.60 Å². The number of hydrogen-bond donors (Lipinski definition) is 0. The molecule has 5 heteroatoms. The van der Waals surface area contributed by atoms with Gasteiger partial charge in [0.25, 0.3) is 0 Å². The number of ether oxygens (including phenoxy) is 1. The number of alkyl halides is 3. The molecule has 24 heavy (non-hydrogen) atoms. The molecule has 2 atom stereocenters. The molecule has 0 amide bonds. The van der Waals surface area contributed by atoms with Crippen LogP contribution in [-0.2, 0) is 9.53 Å². The number of halogens is 3. The third-order valence-corrected chi connectivity index (χ3v) is 3.84. The number of carbonyl (C=O) groups is 1. The molecule has 0 radical (unpaired) electrons. The summed E-state index contributed by atoms with van der Waals surface area (Å²) in [5.41, 5.74) is -2.80. The van der Waals surface area contributed by atoms with Crippen molar-refractivity contribution < 1.29 is 22.7 Å². The summed E-state index contributed by atoms with van der Waals surface area (Å²) >= 11 is 0. The van der Waals surface area contributed by atoms with Crippen molar-refractivity contribution in [2.45, 2.75) is 100 Å². The zero-order valence-electron chi connectivity index (χ0n) is 17.1. The highest BCUT2D eigenvalue weighted by molar-refractivity contribution is 5.77. The summed E-state index contributed by atoms with van der Waals surface area (Å²) in [5, 5.41) is 0. The predicted octanol–water partition coefficient (Wildman–Crippen LogP) is 6.78. The molecule has 0 aliphatic heterocycles. The molecular formula is C19H37F3O2. The summed E-state index contributed by atoms with van der Waals surface area (Å²) in [7, 11) is 0. The van der Waals surface area contributed by atoms with Gasteiger partial charge in [-0.15, -0.1) is 0 Å². The molecule has 0 aromatic rings. The van der Waals surface area contributed by atoms with Crippen LogP contribution < -0.4 is 0 Å². The highest BCUT2D eigenvalue weighted by Gasteiger charge is 2.57. The molecule has 0 aliphatic carbocycles. The number of carbonyl (C=O) groups excluding carboxylic acids is 1. The highest BCUT2D eigenvalue weighted by Crippen LogP contribution is 2.42. The maximum Gasteiger partial charge on any atom is 0.404 e. The quantitative estimate of drug-likeness (QED) is 0.520. The van der Waals surface area contributed by atoms with Gasteiger partial charge in [-0.05, 0) is 51.9 Å². The van der Waals surface area contributed by atoms with E-state index in [1.807, 2.05) is 0 Å². The lowest BCUT2D eigenvalue weighted by atomic mass is 9.84. The highest BCUT2D eigenvalue weighted by atomic mass is 19.4. The molecule has 0 spiro atoms. The molecule has 0 N–H and O–H groups in total. The first-order valence-electron chi connectivity index (χ1n) is 8.69. The number of rotatable bonds is 4. The fraction of sp³-hybridized carbons (Fsp3) is 0.947. The van der Waals surface area contributed by atoms with E-state index in [1.54, 1.807) is 0 Å². The van der Waals surface area contributed by atoms with Crippen molar-refractivity contribution in [1.82, 2.24) is 0 Å². The van der Waals surface area contributed by atoms with Crippen molar-refractivity contribution in [2.75, 3.05) is 0 Å². The minimum atomic E-state index is -4.58. The fourth-order valence-electron chi connectivity index (χ4n) is 2.04. The zero-order chi connectivity index (χ0) is 20.0. The second-order valence-corrected chi connectivity index (χ2v) is 8.96. The van der Waals surface area contributed by atoms with Crippen molar-refractivity contribution in [3.8, 4) is 0 Å². The summed E-state index contributed by atoms with van der Waals surface area (Å²) in [6, 6.07) is 0. The van der Waals surface area contributed by atoms with E-state index >= 15 is 0 Å².